The van der Waals surface area contributed by atoms with E-state index < -0.39 is 245 Å². The number of esters is 8. The number of carbonyl (C=O) groups excluding carboxylic acids is 9. The van der Waals surface area contributed by atoms with Crippen LogP contribution in [0.1, 0.15) is 155 Å². The average Bonchev–Trinajstić information content (AvgIpc) is 0.740. The molecule has 0 aromatic heterocycles. The SMILES string of the molecule is O=C(OC(CS(=O)(=O)[O-])(C(F)(F)F)C(F)(F)F)c1ccc(I)cc1OC(=O)C12CC3CC(C1)C(=O)C(C3)C2.O=C(OC(CS(=O)(=O)[O-])(C(F)(F)F)C(F)(F)F)c1ccc(I)cc1OC(=O)C12CC3CC(CC(C3)C1)C2.O=C(OC(CS(=O)(=O)[O-])(C(F)(F)F)C(F)(F)F)c1ccc(I)cc1OC(=O)C1CCCCC1.O=C(Oc1cc(I)ccc1C(=O)OC(CS(=O)(=O)[O-])(C(F)(F)F)C(F)(F)F)c1ccccc1. The van der Waals surface area contributed by atoms with Crippen molar-refractivity contribution >= 4 is 184 Å². The summed E-state index contributed by atoms with van der Waals surface area (Å²) in [6.45, 7) is 0. The molecule has 14 rings (SSSR count). The van der Waals surface area contributed by atoms with Gasteiger partial charge in [0, 0.05) is 26.1 Å². The number of hydrogen-bond donors (Lipinski definition) is 0. The summed E-state index contributed by atoms with van der Waals surface area (Å²) < 4.78 is 492. The van der Waals surface area contributed by atoms with Crippen LogP contribution in [0.15, 0.2) is 103 Å². The first kappa shape index (κ1) is 117. The van der Waals surface area contributed by atoms with Gasteiger partial charge in [-0.15, -0.1) is 0 Å². The Kier molecular flexibility index (Phi) is 35.1. The first-order valence-corrected chi connectivity index (χ1v) is 50.5. The normalized spacial score (nSPS) is 21.5. The van der Waals surface area contributed by atoms with Crippen LogP contribution in [0.5, 0.6) is 23.0 Å². The highest BCUT2D eigenvalue weighted by molar-refractivity contribution is 14.1. The van der Waals surface area contributed by atoms with E-state index in [1.54, 1.807) is 96.4 Å². The zero-order chi connectivity index (χ0) is 107. The summed E-state index contributed by atoms with van der Waals surface area (Å²) in [4.78, 5) is 114. The molecule has 8 bridgehead atoms. The van der Waals surface area contributed by atoms with Crippen molar-refractivity contribution in [2.45, 2.75) is 175 Å². The molecule has 61 heteroatoms. The fraction of sp³-hybridized carbons (Fsp3) is 0.512. The average molecular weight is 2580 g/mol. The molecule has 141 heavy (non-hydrogen) atoms. The van der Waals surface area contributed by atoms with Gasteiger partial charge in [0.1, 0.15) is 51.0 Å². The Morgan fingerprint density at radius 2 is 0.560 bits per heavy atom. The highest BCUT2D eigenvalue weighted by Gasteiger charge is 2.79. The molecule has 2 atom stereocenters. The van der Waals surface area contributed by atoms with E-state index in [9.17, 15) is 200 Å². The summed E-state index contributed by atoms with van der Waals surface area (Å²) in [6.07, 6.45) is -42.5. The minimum absolute atomic E-state index is 0.0480. The third-order valence-corrected chi connectivity index (χ3v) is 29.3. The second kappa shape index (κ2) is 42.3. The number of benzene rings is 5. The van der Waals surface area contributed by atoms with Crippen molar-refractivity contribution in [1.82, 2.24) is 0 Å². The second-order valence-electron chi connectivity index (χ2n) is 33.7. The lowest BCUT2D eigenvalue weighted by Gasteiger charge is -2.55. The summed E-state index contributed by atoms with van der Waals surface area (Å²) in [5.74, 6) is -28.3. The number of hydrogen-bond acceptors (Lipinski definition) is 29. The van der Waals surface area contributed by atoms with Crippen LogP contribution in [0.4, 0.5) is 105 Å². The number of alkyl halides is 24. The summed E-state index contributed by atoms with van der Waals surface area (Å²) in [7, 11) is -24.8. The van der Waals surface area contributed by atoms with Gasteiger partial charge in [-0.05, 0) is 282 Å². The molecule has 2 unspecified atom stereocenters. The Hall–Kier alpha value is -7.59. The van der Waals surface area contributed by atoms with Crippen LogP contribution in [0.25, 0.3) is 0 Å². The molecule has 0 heterocycles. The van der Waals surface area contributed by atoms with Gasteiger partial charge in [-0.1, -0.05) is 37.5 Å². The van der Waals surface area contributed by atoms with Crippen LogP contribution in [-0.2, 0) is 78.6 Å². The molecule has 5 aromatic carbocycles. The van der Waals surface area contributed by atoms with E-state index in [-0.39, 0.29) is 49.1 Å². The predicted octanol–water partition coefficient (Wildman–Crippen LogP) is 17.6. The third-order valence-electron chi connectivity index (χ3n) is 23.6. The first-order chi connectivity index (χ1) is 64.0. The van der Waals surface area contributed by atoms with Crippen molar-refractivity contribution in [3.8, 4) is 23.0 Å². The Bertz CT molecular complexity index is 6000. The van der Waals surface area contributed by atoms with Crippen LogP contribution >= 0.6 is 90.4 Å². The van der Waals surface area contributed by atoms with Crippen molar-refractivity contribution in [2.24, 2.45) is 52.3 Å². The lowest BCUT2D eigenvalue weighted by Crippen LogP contribution is -2.63. The van der Waals surface area contributed by atoms with E-state index in [0.717, 1.165) is 92.4 Å². The minimum atomic E-state index is -6.55. The van der Waals surface area contributed by atoms with Crippen molar-refractivity contribution < 1.29 is 238 Å². The number of rotatable bonds is 24. The monoisotopic (exact) mass is 2580 g/mol. The van der Waals surface area contributed by atoms with E-state index in [1.165, 1.54) is 24.3 Å². The molecule has 0 aliphatic heterocycles. The summed E-state index contributed by atoms with van der Waals surface area (Å²) >= 11 is 6.77. The molecule has 0 radical (unpaired) electrons. The van der Waals surface area contributed by atoms with Gasteiger partial charge in [0.2, 0.25) is 0 Å². The van der Waals surface area contributed by atoms with E-state index in [0.29, 0.717) is 95.2 Å². The Labute approximate surface area is 834 Å². The Morgan fingerprint density at radius 1 is 0.319 bits per heavy atom. The maximum absolute atomic E-state index is 13.6. The zero-order valence-corrected chi connectivity index (χ0v) is 81.9. The Balaban J connectivity index is 0.000000210. The third kappa shape index (κ3) is 27.5. The van der Waals surface area contributed by atoms with Crippen molar-refractivity contribution in [3.05, 3.63) is 145 Å². The molecule has 5 aromatic rings. The van der Waals surface area contributed by atoms with Crippen LogP contribution < -0.4 is 18.9 Å². The fourth-order valence-electron chi connectivity index (χ4n) is 17.8. The van der Waals surface area contributed by atoms with Crippen molar-refractivity contribution in [2.75, 3.05) is 23.0 Å². The van der Waals surface area contributed by atoms with Gasteiger partial charge in [0.25, 0.3) is 0 Å². The van der Waals surface area contributed by atoms with Gasteiger partial charge in [0.15, 0.2) is 0 Å². The molecule has 9 fully saturated rings. The molecule has 0 N–H and O–H groups in total. The highest BCUT2D eigenvalue weighted by Crippen LogP contribution is 2.63. The summed E-state index contributed by atoms with van der Waals surface area (Å²) in [6, 6.07) is 18.5. The quantitative estimate of drug-likeness (QED) is 0.0138. The number of Topliss-reactive ketones (excluding diaryl/α,β-unsaturated/α-hetero) is 1. The highest BCUT2D eigenvalue weighted by atomic mass is 127. The summed E-state index contributed by atoms with van der Waals surface area (Å²) in [5, 5.41) is 0. The van der Waals surface area contributed by atoms with Gasteiger partial charge in [-0.2, -0.15) is 105 Å². The molecule has 9 saturated carbocycles. The van der Waals surface area contributed by atoms with E-state index in [2.05, 4.69) is 18.9 Å². The topological polar surface area (TPSA) is 456 Å². The Morgan fingerprint density at radius 3 is 0.816 bits per heavy atom. The van der Waals surface area contributed by atoms with Gasteiger partial charge in [-0.3, -0.25) is 19.2 Å². The molecular weight excluding hydrogens is 2520 g/mol. The summed E-state index contributed by atoms with van der Waals surface area (Å²) in [5.41, 5.74) is -28.7. The molecule has 0 saturated heterocycles. The van der Waals surface area contributed by atoms with Gasteiger partial charge in [0.05, 0.1) is 85.8 Å². The number of ether oxygens (including phenoxy) is 8. The van der Waals surface area contributed by atoms with Crippen LogP contribution in [-0.4, -0.2) is 200 Å². The number of carbonyl (C=O) groups is 9. The number of halogens is 28. The molecule has 0 amide bonds. The molecule has 9 aliphatic carbocycles. The second-order valence-corrected chi connectivity index (χ2v) is 44.3. The molecule has 782 valence electrons. The van der Waals surface area contributed by atoms with Crippen molar-refractivity contribution in [3.63, 3.8) is 0 Å². The lowest BCUT2D eigenvalue weighted by atomic mass is 9.49. The predicted molar refractivity (Wildman–Crippen MR) is 452 cm³/mol. The van der Waals surface area contributed by atoms with Gasteiger partial charge >= 0.3 is 120 Å². The van der Waals surface area contributed by atoms with Crippen LogP contribution in [0.3, 0.4) is 0 Å². The smallest absolute Gasteiger partial charge is 0.438 e. The number of ketones is 1. The zero-order valence-electron chi connectivity index (χ0n) is 70.1. The molecular formula is C80H64F24I4O29S4-4. The molecule has 0 spiro atoms. The fourth-order valence-corrected chi connectivity index (χ4v) is 23.1. The van der Waals surface area contributed by atoms with Gasteiger partial charge < -0.3 is 56.1 Å². The van der Waals surface area contributed by atoms with E-state index >= 15 is 0 Å². The standard InChI is InChI=1S/C22H19F6IO8S.C22H21F6IO7S.C18H17F6IO7S.C18H11F6IO7S/c23-21(24,25)20(22(26,27)28,9-38(33,34)35)37-17(31)14-2-1-13(29)5-15(14)36-18(32)19-6-10-3-11(7-19)16(30)12(4-10)8-19;23-21(24,25)20(22(26,27)28,10-37(32,33)34)36-17(30)15-2-1-14(29)6-16(15)35-18(31)19-7-11-3-12(8-19)5-13(4-11)9-19;2*19-17(20,21)16(18(22,23)24,9-33(28,29)30)32-15(27)12-7-6-11(25)8-13(12)31-14(26)10-4-2-1-3-5-10/h1-2,5,10-12H,3-4,6-9H2,(H,33,34,35);1-2,6,11-13H,3-5,7-10H2,(H,32,33,34);6-8,10H,1-5,9H2,(H,28,29,30);1-8H,9H2,(H,28,29,30)/p-4. The minimum Gasteiger partial charge on any atom is -0.748 e. The maximum atomic E-state index is 13.6. The van der Waals surface area contributed by atoms with Crippen LogP contribution in [0.2, 0.25) is 0 Å². The van der Waals surface area contributed by atoms with Crippen molar-refractivity contribution in [1.29, 1.82) is 0 Å². The largest absolute Gasteiger partial charge is 0.748 e. The van der Waals surface area contributed by atoms with Gasteiger partial charge in [-0.25, -0.2) is 57.6 Å². The van der Waals surface area contributed by atoms with E-state index in [4.69, 9.17) is 18.9 Å². The molecule has 29 nitrogen and oxygen atoms in total. The molecule has 9 aliphatic rings. The maximum Gasteiger partial charge on any atom is 0.438 e. The van der Waals surface area contributed by atoms with E-state index in [1.807, 2.05) is 0 Å². The van der Waals surface area contributed by atoms with Crippen LogP contribution in [0, 0.1) is 66.5 Å². The first-order valence-electron chi connectivity index (χ1n) is 39.9. The lowest BCUT2D eigenvalue weighted by molar-refractivity contribution is -0.357.